The number of likely N-dealkylation sites (tertiary alicyclic amines) is 1. The van der Waals surface area contributed by atoms with Gasteiger partial charge in [0.2, 0.25) is 5.91 Å². The Morgan fingerprint density at radius 1 is 1.23 bits per heavy atom. The molecule has 134 valence electrons. The van der Waals surface area contributed by atoms with Crippen molar-refractivity contribution in [1.29, 1.82) is 0 Å². The highest BCUT2D eigenvalue weighted by molar-refractivity contribution is 7.07. The van der Waals surface area contributed by atoms with Gasteiger partial charge in [0.25, 0.3) is 0 Å². The summed E-state index contributed by atoms with van der Waals surface area (Å²) in [4.78, 5) is 15.2. The van der Waals surface area contributed by atoms with Gasteiger partial charge in [-0.3, -0.25) is 9.69 Å². The van der Waals surface area contributed by atoms with Crippen molar-refractivity contribution < 1.29 is 4.79 Å². The fourth-order valence-corrected chi connectivity index (χ4v) is 4.10. The summed E-state index contributed by atoms with van der Waals surface area (Å²) in [6, 6.07) is 11.8. The van der Waals surface area contributed by atoms with Crippen molar-refractivity contribution in [1.82, 2.24) is 14.7 Å². The maximum Gasteiger partial charge on any atom is 0.241 e. The fraction of sp³-hybridized carbons (Fsp3) is 0.300. The Hall–Kier alpha value is -2.44. The third kappa shape index (κ3) is 3.86. The molecule has 1 aromatic carbocycles. The minimum absolute atomic E-state index is 0.0607. The highest BCUT2D eigenvalue weighted by Crippen LogP contribution is 2.22. The second-order valence-electron chi connectivity index (χ2n) is 6.60. The zero-order valence-corrected chi connectivity index (χ0v) is 15.4. The zero-order chi connectivity index (χ0) is 17.8. The molecule has 1 aliphatic rings. The van der Waals surface area contributed by atoms with Crippen LogP contribution in [0.15, 0.2) is 59.6 Å². The molecule has 1 fully saturated rings. The predicted molar refractivity (Wildman–Crippen MR) is 105 cm³/mol. The van der Waals surface area contributed by atoms with Gasteiger partial charge in [-0.25, -0.2) is 4.68 Å². The van der Waals surface area contributed by atoms with Gasteiger partial charge < -0.3 is 5.32 Å². The molecule has 3 aromatic rings. The lowest BCUT2D eigenvalue weighted by Gasteiger charge is -2.34. The molecule has 26 heavy (non-hydrogen) atoms. The van der Waals surface area contributed by atoms with Gasteiger partial charge in [-0.2, -0.15) is 16.4 Å². The van der Waals surface area contributed by atoms with Crippen molar-refractivity contribution in [3.63, 3.8) is 0 Å². The molecule has 1 amide bonds. The van der Waals surface area contributed by atoms with E-state index in [2.05, 4.69) is 32.1 Å². The van der Waals surface area contributed by atoms with E-state index in [1.165, 1.54) is 5.56 Å². The van der Waals surface area contributed by atoms with Crippen molar-refractivity contribution in [2.24, 2.45) is 0 Å². The maximum absolute atomic E-state index is 12.9. The standard InChI is InChI=1S/C20H22N4OS/c25-20(19-4-1-2-11-23(19)14-16-9-13-26-15-16)22-17-5-7-18(8-6-17)24-12-3-10-21-24/h3,5-10,12-13,15,19H,1-2,4,11,14H2,(H,22,25). The summed E-state index contributed by atoms with van der Waals surface area (Å²) >= 11 is 1.71. The van der Waals surface area contributed by atoms with E-state index in [1.807, 2.05) is 36.5 Å². The van der Waals surface area contributed by atoms with E-state index in [1.54, 1.807) is 22.2 Å². The number of hydrogen-bond acceptors (Lipinski definition) is 4. The first-order valence-corrected chi connectivity index (χ1v) is 9.90. The average molecular weight is 366 g/mol. The lowest BCUT2D eigenvalue weighted by atomic mass is 10.0. The summed E-state index contributed by atoms with van der Waals surface area (Å²) in [6.45, 7) is 1.83. The van der Waals surface area contributed by atoms with Crippen LogP contribution in [0.1, 0.15) is 24.8 Å². The lowest BCUT2D eigenvalue weighted by Crippen LogP contribution is -2.46. The van der Waals surface area contributed by atoms with Crippen LogP contribution >= 0.6 is 11.3 Å². The molecular weight excluding hydrogens is 344 g/mol. The molecule has 4 rings (SSSR count). The first-order chi connectivity index (χ1) is 12.8. The van der Waals surface area contributed by atoms with E-state index in [4.69, 9.17) is 0 Å². The van der Waals surface area contributed by atoms with E-state index in [9.17, 15) is 4.79 Å². The highest BCUT2D eigenvalue weighted by Gasteiger charge is 2.28. The van der Waals surface area contributed by atoms with E-state index in [-0.39, 0.29) is 11.9 Å². The van der Waals surface area contributed by atoms with Crippen molar-refractivity contribution in [2.45, 2.75) is 31.8 Å². The molecule has 0 spiro atoms. The number of thiophene rings is 1. The van der Waals surface area contributed by atoms with Crippen molar-refractivity contribution in [2.75, 3.05) is 11.9 Å². The van der Waals surface area contributed by atoms with Gasteiger partial charge in [0.15, 0.2) is 0 Å². The van der Waals surface area contributed by atoms with Crippen LogP contribution in [0.25, 0.3) is 5.69 Å². The number of benzene rings is 1. The first-order valence-electron chi connectivity index (χ1n) is 8.96. The van der Waals surface area contributed by atoms with Crippen molar-refractivity contribution in [3.8, 4) is 5.69 Å². The number of nitrogens with zero attached hydrogens (tertiary/aromatic N) is 3. The van der Waals surface area contributed by atoms with Crippen LogP contribution in [0.3, 0.4) is 0 Å². The summed E-state index contributed by atoms with van der Waals surface area (Å²) in [6.07, 6.45) is 6.84. The molecular formula is C20H22N4OS. The van der Waals surface area contributed by atoms with Crippen LogP contribution in [0, 0.1) is 0 Å². The summed E-state index contributed by atoms with van der Waals surface area (Å²) in [5, 5.41) is 11.6. The number of piperidine rings is 1. The van der Waals surface area contributed by atoms with E-state index >= 15 is 0 Å². The smallest absolute Gasteiger partial charge is 0.241 e. The Morgan fingerprint density at radius 2 is 2.12 bits per heavy atom. The number of carbonyl (C=O) groups excluding carboxylic acids is 1. The van der Waals surface area contributed by atoms with Crippen molar-refractivity contribution >= 4 is 22.9 Å². The number of carbonyl (C=O) groups is 1. The quantitative estimate of drug-likeness (QED) is 0.744. The van der Waals surface area contributed by atoms with Gasteiger partial charge in [-0.15, -0.1) is 0 Å². The third-order valence-corrected chi connectivity index (χ3v) is 5.52. The average Bonchev–Trinajstić information content (AvgIpc) is 3.37. The Balaban J connectivity index is 1.42. The molecule has 0 saturated carbocycles. The number of hydrogen-bond donors (Lipinski definition) is 1. The minimum atomic E-state index is -0.0607. The van der Waals surface area contributed by atoms with Crippen LogP contribution in [0.5, 0.6) is 0 Å². The number of aromatic nitrogens is 2. The molecule has 6 heteroatoms. The molecule has 0 aliphatic carbocycles. The molecule has 1 aliphatic heterocycles. The molecule has 0 bridgehead atoms. The van der Waals surface area contributed by atoms with Gasteiger partial charge in [0.1, 0.15) is 0 Å². The summed E-state index contributed by atoms with van der Waals surface area (Å²) < 4.78 is 1.80. The van der Waals surface area contributed by atoms with E-state index in [0.717, 1.165) is 43.7 Å². The van der Waals surface area contributed by atoms with Gasteiger partial charge >= 0.3 is 0 Å². The largest absolute Gasteiger partial charge is 0.325 e. The molecule has 5 nitrogen and oxygen atoms in total. The fourth-order valence-electron chi connectivity index (χ4n) is 3.44. The van der Waals surface area contributed by atoms with Crippen LogP contribution in [0.4, 0.5) is 5.69 Å². The van der Waals surface area contributed by atoms with E-state index in [0.29, 0.717) is 0 Å². The molecule has 3 heterocycles. The second kappa shape index (κ2) is 7.85. The number of anilines is 1. The molecule has 1 atom stereocenters. The van der Waals surface area contributed by atoms with Gasteiger partial charge in [-0.1, -0.05) is 6.42 Å². The summed E-state index contributed by atoms with van der Waals surface area (Å²) in [5.41, 5.74) is 3.09. The molecule has 0 radical (unpaired) electrons. The normalized spacial score (nSPS) is 17.9. The Labute approximate surface area is 157 Å². The number of rotatable bonds is 5. The number of nitrogens with one attached hydrogen (secondary N) is 1. The monoisotopic (exact) mass is 366 g/mol. The minimum Gasteiger partial charge on any atom is -0.325 e. The maximum atomic E-state index is 12.9. The second-order valence-corrected chi connectivity index (χ2v) is 7.38. The third-order valence-electron chi connectivity index (χ3n) is 4.79. The summed E-state index contributed by atoms with van der Waals surface area (Å²) in [5.74, 6) is 0.0896. The molecule has 1 unspecified atom stereocenters. The van der Waals surface area contributed by atoms with Crippen LogP contribution in [0.2, 0.25) is 0 Å². The Morgan fingerprint density at radius 3 is 2.85 bits per heavy atom. The molecule has 1 N–H and O–H groups in total. The summed E-state index contributed by atoms with van der Waals surface area (Å²) in [7, 11) is 0. The predicted octanol–water partition coefficient (Wildman–Crippen LogP) is 3.93. The first kappa shape index (κ1) is 17.0. The lowest BCUT2D eigenvalue weighted by molar-refractivity contribution is -0.122. The van der Waals surface area contributed by atoms with Crippen LogP contribution in [-0.4, -0.2) is 33.2 Å². The molecule has 1 saturated heterocycles. The van der Waals surface area contributed by atoms with Crippen molar-refractivity contribution in [3.05, 3.63) is 65.1 Å². The van der Waals surface area contributed by atoms with Crippen LogP contribution < -0.4 is 5.32 Å². The number of amides is 1. The SMILES string of the molecule is O=C(Nc1ccc(-n2cccn2)cc1)C1CCCCN1Cc1ccsc1. The Kier molecular flexibility index (Phi) is 5.13. The van der Waals surface area contributed by atoms with Gasteiger partial charge in [-0.05, 0) is 72.1 Å². The Bertz CT molecular complexity index is 827. The zero-order valence-electron chi connectivity index (χ0n) is 14.5. The molecule has 2 aromatic heterocycles. The van der Waals surface area contributed by atoms with Gasteiger partial charge in [0.05, 0.1) is 11.7 Å². The highest BCUT2D eigenvalue weighted by atomic mass is 32.1. The van der Waals surface area contributed by atoms with E-state index < -0.39 is 0 Å². The van der Waals surface area contributed by atoms with Crippen LogP contribution in [-0.2, 0) is 11.3 Å². The van der Waals surface area contributed by atoms with Gasteiger partial charge in [0, 0.05) is 24.6 Å². The topological polar surface area (TPSA) is 50.2 Å².